The lowest BCUT2D eigenvalue weighted by Gasteiger charge is -2.14. The zero-order valence-electron chi connectivity index (χ0n) is 14.5. The van der Waals surface area contributed by atoms with Gasteiger partial charge in [0.1, 0.15) is 0 Å². The van der Waals surface area contributed by atoms with Crippen LogP contribution < -0.4 is 16.8 Å². The van der Waals surface area contributed by atoms with Crippen LogP contribution in [0.15, 0.2) is 52.3 Å². The van der Waals surface area contributed by atoms with E-state index in [1.54, 1.807) is 11.8 Å². The molecule has 0 aliphatic heterocycles. The highest BCUT2D eigenvalue weighted by molar-refractivity contribution is 8.13. The second-order valence-corrected chi connectivity index (χ2v) is 8.49. The summed E-state index contributed by atoms with van der Waals surface area (Å²) in [5.41, 5.74) is 14.4. The fourth-order valence-electron chi connectivity index (χ4n) is 2.26. The summed E-state index contributed by atoms with van der Waals surface area (Å²) < 4.78 is 0. The minimum absolute atomic E-state index is 0.119. The molecular weight excluding hydrogens is 382 g/mol. The lowest BCUT2D eigenvalue weighted by Crippen LogP contribution is -2.05. The van der Waals surface area contributed by atoms with Gasteiger partial charge >= 0.3 is 0 Å². The van der Waals surface area contributed by atoms with Crippen molar-refractivity contribution in [1.29, 1.82) is 10.8 Å². The van der Waals surface area contributed by atoms with E-state index in [4.69, 9.17) is 22.3 Å². The number of benzene rings is 2. The third kappa shape index (κ3) is 6.51. The smallest absolute Gasteiger partial charge is 0.151 e. The van der Waals surface area contributed by atoms with Crippen LogP contribution in [-0.2, 0) is 11.5 Å². The molecule has 0 saturated heterocycles. The lowest BCUT2D eigenvalue weighted by atomic mass is 10.2. The summed E-state index contributed by atoms with van der Waals surface area (Å²) in [6.07, 6.45) is 0. The maximum atomic E-state index is 7.48. The molecule has 0 unspecified atom stereocenters. The summed E-state index contributed by atoms with van der Waals surface area (Å²) in [6, 6.07) is 14.5. The van der Waals surface area contributed by atoms with Gasteiger partial charge in [0.2, 0.25) is 0 Å². The van der Waals surface area contributed by atoms with E-state index in [0.29, 0.717) is 11.5 Å². The van der Waals surface area contributed by atoms with E-state index in [-0.39, 0.29) is 10.3 Å². The highest BCUT2D eigenvalue weighted by atomic mass is 32.2. The quantitative estimate of drug-likeness (QED) is 0.326. The van der Waals surface area contributed by atoms with Crippen molar-refractivity contribution in [3.05, 3.63) is 53.6 Å². The largest absolute Gasteiger partial charge is 0.385 e. The first-order valence-electron chi connectivity index (χ1n) is 8.05. The standard InChI is InChI=1S/C18H23N5S3/c1-2-23-14-7-8-16(13(9-14)11-25-18(21)22)26-15-6-4-3-5-12(15)10-24-17(19)20/h3-9,23H,2,10-11H2,1H3,(H3,19,20)(H3,21,22). The van der Waals surface area contributed by atoms with Gasteiger partial charge in [0.05, 0.1) is 0 Å². The zero-order chi connectivity index (χ0) is 18.9. The molecule has 0 atom stereocenters. The Morgan fingerprint density at radius 3 is 2.19 bits per heavy atom. The molecule has 26 heavy (non-hydrogen) atoms. The number of nitrogens with two attached hydrogens (primary N) is 2. The summed E-state index contributed by atoms with van der Waals surface area (Å²) in [5, 5.41) is 18.5. The van der Waals surface area contributed by atoms with Crippen molar-refractivity contribution in [2.45, 2.75) is 28.2 Å². The summed E-state index contributed by atoms with van der Waals surface area (Å²) in [4.78, 5) is 2.28. The van der Waals surface area contributed by atoms with Gasteiger partial charge in [-0.1, -0.05) is 53.5 Å². The number of anilines is 1. The Morgan fingerprint density at radius 2 is 1.54 bits per heavy atom. The van der Waals surface area contributed by atoms with Gasteiger partial charge in [-0.3, -0.25) is 10.8 Å². The number of thioether (sulfide) groups is 2. The highest BCUT2D eigenvalue weighted by Gasteiger charge is 2.10. The Morgan fingerprint density at radius 1 is 0.923 bits per heavy atom. The van der Waals surface area contributed by atoms with Crippen LogP contribution in [0.2, 0.25) is 0 Å². The first-order valence-corrected chi connectivity index (χ1v) is 10.8. The van der Waals surface area contributed by atoms with Gasteiger partial charge < -0.3 is 16.8 Å². The van der Waals surface area contributed by atoms with Crippen LogP contribution in [0.5, 0.6) is 0 Å². The monoisotopic (exact) mass is 405 g/mol. The Balaban J connectivity index is 2.27. The van der Waals surface area contributed by atoms with Gasteiger partial charge in [0, 0.05) is 33.5 Å². The normalized spacial score (nSPS) is 10.5. The van der Waals surface area contributed by atoms with Crippen LogP contribution in [0.4, 0.5) is 5.69 Å². The number of hydrogen-bond acceptors (Lipinski definition) is 6. The average molecular weight is 406 g/mol. The second-order valence-electron chi connectivity index (χ2n) is 5.37. The molecule has 2 rings (SSSR count). The van der Waals surface area contributed by atoms with E-state index >= 15 is 0 Å². The zero-order valence-corrected chi connectivity index (χ0v) is 17.0. The topological polar surface area (TPSA) is 112 Å². The van der Waals surface area contributed by atoms with Crippen molar-refractivity contribution >= 4 is 51.3 Å². The average Bonchev–Trinajstić information content (AvgIpc) is 2.61. The number of hydrogen-bond donors (Lipinski definition) is 5. The van der Waals surface area contributed by atoms with Crippen LogP contribution in [0.3, 0.4) is 0 Å². The fraction of sp³-hybridized carbons (Fsp3) is 0.222. The maximum Gasteiger partial charge on any atom is 0.151 e. The molecule has 0 saturated carbocycles. The van der Waals surface area contributed by atoms with E-state index in [9.17, 15) is 0 Å². The second kappa shape index (κ2) is 10.4. The minimum Gasteiger partial charge on any atom is -0.385 e. The van der Waals surface area contributed by atoms with E-state index in [0.717, 1.165) is 33.2 Å². The van der Waals surface area contributed by atoms with Crippen LogP contribution >= 0.6 is 35.3 Å². The van der Waals surface area contributed by atoms with Crippen molar-refractivity contribution < 1.29 is 0 Å². The number of amidine groups is 2. The summed E-state index contributed by atoms with van der Waals surface area (Å²) in [6.45, 7) is 2.92. The number of rotatable bonds is 8. The molecular formula is C18H23N5S3. The summed E-state index contributed by atoms with van der Waals surface area (Å²) in [5.74, 6) is 1.33. The van der Waals surface area contributed by atoms with Crippen LogP contribution in [0.1, 0.15) is 18.1 Å². The van der Waals surface area contributed by atoms with Gasteiger partial charge in [0.15, 0.2) is 10.3 Å². The van der Waals surface area contributed by atoms with Gasteiger partial charge in [-0.05, 0) is 42.3 Å². The fourth-order valence-corrected chi connectivity index (χ4v) is 4.61. The molecule has 8 heteroatoms. The van der Waals surface area contributed by atoms with Crippen LogP contribution in [0, 0.1) is 10.8 Å². The summed E-state index contributed by atoms with van der Waals surface area (Å²) in [7, 11) is 0. The first-order chi connectivity index (χ1) is 12.5. The van der Waals surface area contributed by atoms with Crippen LogP contribution in [-0.4, -0.2) is 16.9 Å². The van der Waals surface area contributed by atoms with Gasteiger partial charge in [-0.25, -0.2) is 0 Å². The van der Waals surface area contributed by atoms with Gasteiger partial charge in [-0.2, -0.15) is 0 Å². The molecule has 0 aliphatic carbocycles. The Hall–Kier alpha value is -1.77. The molecule has 0 spiro atoms. The molecule has 0 aliphatic rings. The highest BCUT2D eigenvalue weighted by Crippen LogP contribution is 2.36. The van der Waals surface area contributed by atoms with Crippen molar-refractivity contribution in [3.63, 3.8) is 0 Å². The van der Waals surface area contributed by atoms with Crippen LogP contribution in [0.25, 0.3) is 0 Å². The molecule has 2 aromatic rings. The molecule has 7 N–H and O–H groups in total. The SMILES string of the molecule is CCNc1ccc(Sc2ccccc2CSC(=N)N)c(CSC(=N)N)c1. The first kappa shape index (κ1) is 20.5. The Bertz CT molecular complexity index is 779. The van der Waals surface area contributed by atoms with E-state index in [2.05, 4.69) is 42.6 Å². The number of nitrogens with one attached hydrogen (secondary N) is 3. The predicted molar refractivity (Wildman–Crippen MR) is 118 cm³/mol. The summed E-state index contributed by atoms with van der Waals surface area (Å²) >= 11 is 4.34. The third-order valence-electron chi connectivity index (χ3n) is 3.40. The molecule has 138 valence electrons. The molecule has 0 fully saturated rings. The van der Waals surface area contributed by atoms with Gasteiger partial charge in [0.25, 0.3) is 0 Å². The Kier molecular flexibility index (Phi) is 8.21. The lowest BCUT2D eigenvalue weighted by molar-refractivity contribution is 1.19. The molecule has 2 aromatic carbocycles. The van der Waals surface area contributed by atoms with Crippen molar-refractivity contribution in [3.8, 4) is 0 Å². The van der Waals surface area contributed by atoms with Crippen molar-refractivity contribution in [2.24, 2.45) is 11.5 Å². The van der Waals surface area contributed by atoms with E-state index in [1.807, 2.05) is 12.1 Å². The predicted octanol–water partition coefficient (Wildman–Crippen LogP) is 4.52. The Labute approximate surface area is 167 Å². The molecule has 5 nitrogen and oxygen atoms in total. The van der Waals surface area contributed by atoms with Crippen molar-refractivity contribution in [2.75, 3.05) is 11.9 Å². The third-order valence-corrected chi connectivity index (χ3v) is 6.17. The molecule has 0 heterocycles. The van der Waals surface area contributed by atoms with E-state index in [1.165, 1.54) is 23.5 Å². The maximum absolute atomic E-state index is 7.48. The molecule has 0 bridgehead atoms. The molecule has 0 amide bonds. The van der Waals surface area contributed by atoms with E-state index < -0.39 is 0 Å². The minimum atomic E-state index is 0.119. The van der Waals surface area contributed by atoms with Crippen molar-refractivity contribution in [1.82, 2.24) is 0 Å². The van der Waals surface area contributed by atoms with Gasteiger partial charge in [-0.15, -0.1) is 0 Å². The molecule has 0 radical (unpaired) electrons. The molecule has 0 aromatic heterocycles.